The second-order valence-electron chi connectivity index (χ2n) is 4.02. The van der Waals surface area contributed by atoms with E-state index in [-0.39, 0.29) is 5.56 Å². The number of benzene rings is 1. The molecule has 0 unspecified atom stereocenters. The Morgan fingerprint density at radius 1 is 1.09 bits per heavy atom. The Morgan fingerprint density at radius 3 is 2.32 bits per heavy atom. The number of primary amides is 1. The summed E-state index contributed by atoms with van der Waals surface area (Å²) in [6, 6.07) is 3.51. The van der Waals surface area contributed by atoms with Crippen molar-refractivity contribution in [2.24, 2.45) is 5.73 Å². The van der Waals surface area contributed by atoms with E-state index >= 15 is 0 Å². The van der Waals surface area contributed by atoms with E-state index in [4.69, 9.17) is 19.9 Å². The van der Waals surface area contributed by atoms with Gasteiger partial charge in [-0.1, -0.05) is 0 Å². The largest absolute Gasteiger partial charge is 0.490 e. The van der Waals surface area contributed by atoms with Crippen molar-refractivity contribution in [1.82, 2.24) is 5.32 Å². The Morgan fingerprint density at radius 2 is 1.73 bits per heavy atom. The molecule has 120 valence electrons. The number of rotatable bonds is 7. The van der Waals surface area contributed by atoms with E-state index in [9.17, 15) is 14.4 Å². The van der Waals surface area contributed by atoms with E-state index in [2.05, 4.69) is 0 Å². The highest BCUT2D eigenvalue weighted by molar-refractivity contribution is 5.96. The first-order valence-electron chi connectivity index (χ1n) is 6.64. The summed E-state index contributed by atoms with van der Waals surface area (Å²) in [5.41, 5.74) is 4.96. The minimum atomic E-state index is -1.01. The molecule has 0 aliphatic carbocycles. The van der Waals surface area contributed by atoms with Gasteiger partial charge in [0.25, 0.3) is 5.91 Å². The SMILES string of the molecule is CCOc1ccc(C(=O)OCC(=O)NC(N)=O)cc1OCC. The first kappa shape index (κ1) is 17.3. The Balaban J connectivity index is 2.74. The number of ether oxygens (including phenoxy) is 3. The molecule has 0 spiro atoms. The zero-order valence-corrected chi connectivity index (χ0v) is 12.4. The Hall–Kier alpha value is -2.77. The molecule has 22 heavy (non-hydrogen) atoms. The number of imide groups is 1. The second kappa shape index (κ2) is 8.50. The van der Waals surface area contributed by atoms with Crippen LogP contribution in [-0.2, 0) is 9.53 Å². The Bertz CT molecular complexity index is 558. The quantitative estimate of drug-likeness (QED) is 0.721. The van der Waals surface area contributed by atoms with Crippen LogP contribution in [0.5, 0.6) is 11.5 Å². The van der Waals surface area contributed by atoms with Crippen LogP contribution in [0.3, 0.4) is 0 Å². The average Bonchev–Trinajstić information content (AvgIpc) is 2.46. The first-order valence-corrected chi connectivity index (χ1v) is 6.64. The molecular weight excluding hydrogens is 292 g/mol. The molecule has 1 rings (SSSR count). The van der Waals surface area contributed by atoms with E-state index in [1.807, 2.05) is 6.92 Å². The number of esters is 1. The van der Waals surface area contributed by atoms with Crippen LogP contribution in [0, 0.1) is 0 Å². The van der Waals surface area contributed by atoms with Crippen LogP contribution in [0.2, 0.25) is 0 Å². The third-order valence-corrected chi connectivity index (χ3v) is 2.38. The van der Waals surface area contributed by atoms with Gasteiger partial charge in [-0.3, -0.25) is 10.1 Å². The lowest BCUT2D eigenvalue weighted by atomic mass is 10.2. The van der Waals surface area contributed by atoms with Crippen molar-refractivity contribution in [2.75, 3.05) is 19.8 Å². The van der Waals surface area contributed by atoms with Gasteiger partial charge in [0, 0.05) is 0 Å². The summed E-state index contributed by atoms with van der Waals surface area (Å²) in [6.07, 6.45) is 0. The maximum Gasteiger partial charge on any atom is 0.338 e. The van der Waals surface area contributed by atoms with E-state index in [0.717, 1.165) is 0 Å². The number of carbonyl (C=O) groups is 3. The van der Waals surface area contributed by atoms with Gasteiger partial charge in [0.15, 0.2) is 18.1 Å². The fraction of sp³-hybridized carbons (Fsp3) is 0.357. The number of nitrogens with two attached hydrogens (primary N) is 1. The lowest BCUT2D eigenvalue weighted by Crippen LogP contribution is -2.37. The molecule has 8 heteroatoms. The van der Waals surface area contributed by atoms with Crippen molar-refractivity contribution >= 4 is 17.9 Å². The van der Waals surface area contributed by atoms with Crippen LogP contribution in [0.15, 0.2) is 18.2 Å². The predicted molar refractivity (Wildman–Crippen MR) is 76.8 cm³/mol. The lowest BCUT2D eigenvalue weighted by Gasteiger charge is -2.12. The van der Waals surface area contributed by atoms with E-state index in [0.29, 0.717) is 24.7 Å². The zero-order valence-electron chi connectivity index (χ0n) is 12.4. The minimum Gasteiger partial charge on any atom is -0.490 e. The molecule has 0 aliphatic rings. The Kier molecular flexibility index (Phi) is 6.68. The molecule has 3 N–H and O–H groups in total. The van der Waals surface area contributed by atoms with E-state index in [1.165, 1.54) is 12.1 Å². The van der Waals surface area contributed by atoms with Crippen molar-refractivity contribution in [3.05, 3.63) is 23.8 Å². The summed E-state index contributed by atoms with van der Waals surface area (Å²) in [5.74, 6) is -0.631. The molecule has 0 fully saturated rings. The van der Waals surface area contributed by atoms with Gasteiger partial charge in [-0.15, -0.1) is 0 Å². The standard InChI is InChI=1S/C14H18N2O6/c1-3-20-10-6-5-9(7-11(10)21-4-2)13(18)22-8-12(17)16-14(15)19/h5-7H,3-4,8H2,1-2H3,(H3,15,16,17,19). The summed E-state index contributed by atoms with van der Waals surface area (Å²) >= 11 is 0. The smallest absolute Gasteiger partial charge is 0.338 e. The van der Waals surface area contributed by atoms with Crippen LogP contribution in [0.4, 0.5) is 4.79 Å². The Labute approximate surface area is 127 Å². The topological polar surface area (TPSA) is 117 Å². The maximum absolute atomic E-state index is 11.8. The number of nitrogens with one attached hydrogen (secondary N) is 1. The average molecular weight is 310 g/mol. The summed E-state index contributed by atoms with van der Waals surface area (Å²) in [7, 11) is 0. The fourth-order valence-electron chi connectivity index (χ4n) is 1.57. The van der Waals surface area contributed by atoms with Gasteiger partial charge >= 0.3 is 12.0 Å². The highest BCUT2D eigenvalue weighted by Gasteiger charge is 2.14. The monoisotopic (exact) mass is 310 g/mol. The van der Waals surface area contributed by atoms with E-state index < -0.39 is 24.5 Å². The molecule has 1 aromatic rings. The van der Waals surface area contributed by atoms with Gasteiger partial charge < -0.3 is 19.9 Å². The molecule has 0 atom stereocenters. The molecule has 8 nitrogen and oxygen atoms in total. The van der Waals surface area contributed by atoms with Crippen LogP contribution >= 0.6 is 0 Å². The molecular formula is C14H18N2O6. The molecule has 0 aromatic heterocycles. The highest BCUT2D eigenvalue weighted by atomic mass is 16.5. The molecule has 0 bridgehead atoms. The van der Waals surface area contributed by atoms with Crippen molar-refractivity contribution in [3.8, 4) is 11.5 Å². The van der Waals surface area contributed by atoms with Crippen molar-refractivity contribution in [3.63, 3.8) is 0 Å². The van der Waals surface area contributed by atoms with Crippen molar-refractivity contribution in [1.29, 1.82) is 0 Å². The number of amides is 3. The van der Waals surface area contributed by atoms with Crippen molar-refractivity contribution in [2.45, 2.75) is 13.8 Å². The lowest BCUT2D eigenvalue weighted by molar-refractivity contribution is -0.123. The normalized spacial score (nSPS) is 9.73. The number of urea groups is 1. The van der Waals surface area contributed by atoms with Gasteiger partial charge in [0.2, 0.25) is 0 Å². The van der Waals surface area contributed by atoms with Gasteiger partial charge in [-0.2, -0.15) is 0 Å². The third kappa shape index (κ3) is 5.31. The van der Waals surface area contributed by atoms with Gasteiger partial charge in [0.05, 0.1) is 18.8 Å². The van der Waals surface area contributed by atoms with Crippen LogP contribution in [-0.4, -0.2) is 37.7 Å². The molecule has 0 aliphatic heterocycles. The molecule has 0 saturated carbocycles. The predicted octanol–water partition coefficient (Wildman–Crippen LogP) is 0.836. The van der Waals surface area contributed by atoms with Gasteiger partial charge in [-0.25, -0.2) is 9.59 Å². The fourth-order valence-corrected chi connectivity index (χ4v) is 1.57. The first-order chi connectivity index (χ1) is 10.5. The molecule has 3 amide bonds. The summed E-state index contributed by atoms with van der Waals surface area (Å²) in [6.45, 7) is 3.87. The second-order valence-corrected chi connectivity index (χ2v) is 4.02. The maximum atomic E-state index is 11.8. The van der Waals surface area contributed by atoms with E-state index in [1.54, 1.807) is 18.3 Å². The van der Waals surface area contributed by atoms with Gasteiger partial charge in [-0.05, 0) is 32.0 Å². The van der Waals surface area contributed by atoms with Crippen LogP contribution < -0.4 is 20.5 Å². The highest BCUT2D eigenvalue weighted by Crippen LogP contribution is 2.28. The number of carbonyl (C=O) groups excluding carboxylic acids is 3. The molecule has 0 radical (unpaired) electrons. The van der Waals surface area contributed by atoms with Crippen molar-refractivity contribution < 1.29 is 28.6 Å². The summed E-state index contributed by atoms with van der Waals surface area (Å²) < 4.78 is 15.5. The molecule has 0 heterocycles. The summed E-state index contributed by atoms with van der Waals surface area (Å²) in [5, 5.41) is 1.79. The van der Waals surface area contributed by atoms with Crippen LogP contribution in [0.25, 0.3) is 0 Å². The van der Waals surface area contributed by atoms with Crippen LogP contribution in [0.1, 0.15) is 24.2 Å². The number of hydrogen-bond acceptors (Lipinski definition) is 6. The van der Waals surface area contributed by atoms with Gasteiger partial charge in [0.1, 0.15) is 0 Å². The third-order valence-electron chi connectivity index (χ3n) is 2.38. The molecule has 1 aromatic carbocycles. The summed E-state index contributed by atoms with van der Waals surface area (Å²) in [4.78, 5) is 33.5. The molecule has 0 saturated heterocycles. The minimum absolute atomic E-state index is 0.193. The number of hydrogen-bond donors (Lipinski definition) is 2. The zero-order chi connectivity index (χ0) is 16.5.